The minimum absolute atomic E-state index is 0.0645. The molecule has 0 atom stereocenters. The molecule has 7 nitrogen and oxygen atoms in total. The summed E-state index contributed by atoms with van der Waals surface area (Å²) in [6.45, 7) is 7.23. The van der Waals surface area contributed by atoms with Crippen molar-refractivity contribution in [2.75, 3.05) is 48.1 Å². The minimum atomic E-state index is -3.73. The van der Waals surface area contributed by atoms with E-state index >= 15 is 0 Å². The van der Waals surface area contributed by atoms with Gasteiger partial charge in [-0.2, -0.15) is 0 Å². The Morgan fingerprint density at radius 1 is 1.03 bits per heavy atom. The number of carbonyl (C=O) groups is 1. The lowest BCUT2D eigenvalue weighted by Gasteiger charge is -2.32. The molecule has 1 amide bonds. The second-order valence-corrected chi connectivity index (χ2v) is 9.86. The Morgan fingerprint density at radius 3 is 2.31 bits per heavy atom. The topological polar surface area (TPSA) is 81.8 Å². The molecular weight excluding hydrogens is 388 g/mol. The largest absolute Gasteiger partial charge is 0.372 e. The Bertz CT molecular complexity index is 753. The number of nitrogens with one attached hydrogen (secondary N) is 2. The molecule has 0 aliphatic carbocycles. The van der Waals surface area contributed by atoms with Gasteiger partial charge in [-0.05, 0) is 69.3 Å². The molecule has 0 spiro atoms. The Balaban J connectivity index is 1.46. The number of benzene rings is 1. The van der Waals surface area contributed by atoms with E-state index in [1.807, 2.05) is 12.1 Å². The van der Waals surface area contributed by atoms with Gasteiger partial charge in [0, 0.05) is 43.6 Å². The third kappa shape index (κ3) is 6.89. The molecule has 2 fully saturated rings. The summed E-state index contributed by atoms with van der Waals surface area (Å²) in [4.78, 5) is 16.9. The number of nitrogens with zero attached hydrogens (tertiary/aromatic N) is 2. The van der Waals surface area contributed by atoms with Gasteiger partial charge in [-0.25, -0.2) is 8.42 Å². The highest BCUT2D eigenvalue weighted by atomic mass is 32.2. The number of likely N-dealkylation sites (tertiary alicyclic amines) is 1. The van der Waals surface area contributed by atoms with E-state index in [1.165, 1.54) is 19.3 Å². The summed E-state index contributed by atoms with van der Waals surface area (Å²) in [7, 11) is -3.73. The lowest BCUT2D eigenvalue weighted by atomic mass is 10.1. The number of anilines is 2. The number of amides is 1. The van der Waals surface area contributed by atoms with E-state index in [4.69, 9.17) is 0 Å². The summed E-state index contributed by atoms with van der Waals surface area (Å²) in [6.07, 6.45) is 6.53. The van der Waals surface area contributed by atoms with Crippen molar-refractivity contribution in [2.24, 2.45) is 0 Å². The van der Waals surface area contributed by atoms with Crippen molar-refractivity contribution < 1.29 is 13.2 Å². The summed E-state index contributed by atoms with van der Waals surface area (Å²) in [5.74, 6) is -0.979. The first-order valence-electron chi connectivity index (χ1n) is 10.8. The second-order valence-electron chi connectivity index (χ2n) is 8.14. The van der Waals surface area contributed by atoms with Crippen LogP contribution in [-0.4, -0.2) is 63.7 Å². The fourth-order valence-corrected chi connectivity index (χ4v) is 5.16. The molecule has 162 valence electrons. The summed E-state index contributed by atoms with van der Waals surface area (Å²) in [5, 5.41) is 2.88. The van der Waals surface area contributed by atoms with Crippen molar-refractivity contribution in [1.29, 1.82) is 0 Å². The van der Waals surface area contributed by atoms with Crippen LogP contribution in [0.3, 0.4) is 0 Å². The van der Waals surface area contributed by atoms with Crippen LogP contribution in [0.2, 0.25) is 0 Å². The highest BCUT2D eigenvalue weighted by molar-refractivity contribution is 7.93. The number of rotatable bonds is 8. The van der Waals surface area contributed by atoms with E-state index in [0.717, 1.165) is 57.7 Å². The van der Waals surface area contributed by atoms with Gasteiger partial charge in [-0.1, -0.05) is 6.92 Å². The average molecular weight is 423 g/mol. The third-order valence-electron chi connectivity index (χ3n) is 5.68. The number of hydrogen-bond acceptors (Lipinski definition) is 5. The van der Waals surface area contributed by atoms with Gasteiger partial charge in [-0.15, -0.1) is 0 Å². The first-order valence-corrected chi connectivity index (χ1v) is 12.5. The highest BCUT2D eigenvalue weighted by Crippen LogP contribution is 2.22. The van der Waals surface area contributed by atoms with Gasteiger partial charge in [0.05, 0.1) is 0 Å². The number of hydrogen-bond donors (Lipinski definition) is 2. The maximum absolute atomic E-state index is 12.4. The molecular formula is C21H34N4O3S. The zero-order valence-electron chi connectivity index (χ0n) is 17.4. The average Bonchev–Trinajstić information content (AvgIpc) is 2.70. The third-order valence-corrected chi connectivity index (χ3v) is 6.86. The molecule has 2 aliphatic rings. The zero-order chi connectivity index (χ0) is 20.7. The van der Waals surface area contributed by atoms with E-state index < -0.39 is 21.7 Å². The van der Waals surface area contributed by atoms with Gasteiger partial charge >= 0.3 is 0 Å². The molecule has 1 aromatic carbocycles. The molecule has 2 saturated heterocycles. The predicted octanol–water partition coefficient (Wildman–Crippen LogP) is 2.41. The molecule has 0 radical (unpaired) electrons. The van der Waals surface area contributed by atoms with Gasteiger partial charge < -0.3 is 15.1 Å². The van der Waals surface area contributed by atoms with Crippen LogP contribution in [-0.2, 0) is 14.8 Å². The van der Waals surface area contributed by atoms with Crippen molar-refractivity contribution in [3.63, 3.8) is 0 Å². The number of piperidine rings is 2. The molecule has 1 aromatic rings. The van der Waals surface area contributed by atoms with E-state index in [0.29, 0.717) is 5.69 Å². The van der Waals surface area contributed by atoms with Crippen molar-refractivity contribution >= 4 is 27.3 Å². The molecule has 2 aliphatic heterocycles. The molecule has 2 N–H and O–H groups in total. The van der Waals surface area contributed by atoms with Crippen LogP contribution in [0.5, 0.6) is 0 Å². The van der Waals surface area contributed by atoms with Gasteiger partial charge in [0.2, 0.25) is 15.9 Å². The van der Waals surface area contributed by atoms with Crippen LogP contribution >= 0.6 is 0 Å². The van der Waals surface area contributed by atoms with Gasteiger partial charge in [0.25, 0.3) is 0 Å². The molecule has 0 saturated carbocycles. The Hall–Kier alpha value is -1.80. The van der Waals surface area contributed by atoms with Crippen molar-refractivity contribution in [1.82, 2.24) is 10.2 Å². The van der Waals surface area contributed by atoms with Crippen molar-refractivity contribution in [3.8, 4) is 0 Å². The van der Waals surface area contributed by atoms with E-state index in [-0.39, 0.29) is 6.04 Å². The normalized spacial score (nSPS) is 19.1. The van der Waals surface area contributed by atoms with Gasteiger partial charge in [-0.3, -0.25) is 9.52 Å². The number of carbonyl (C=O) groups excluding carboxylic acids is 1. The van der Waals surface area contributed by atoms with Crippen LogP contribution in [0.15, 0.2) is 24.3 Å². The van der Waals surface area contributed by atoms with Gasteiger partial charge in [0.15, 0.2) is 0 Å². The fourth-order valence-electron chi connectivity index (χ4n) is 4.17. The molecule has 0 bridgehead atoms. The lowest BCUT2D eigenvalue weighted by Crippen LogP contribution is -2.46. The maximum Gasteiger partial charge on any atom is 0.241 e. The molecule has 0 aromatic heterocycles. The quantitative estimate of drug-likeness (QED) is 0.672. The molecule has 0 unspecified atom stereocenters. The lowest BCUT2D eigenvalue weighted by molar-refractivity contribution is -0.119. The van der Waals surface area contributed by atoms with E-state index in [1.54, 1.807) is 12.1 Å². The van der Waals surface area contributed by atoms with E-state index in [2.05, 4.69) is 26.8 Å². The monoisotopic (exact) mass is 422 g/mol. The zero-order valence-corrected chi connectivity index (χ0v) is 18.2. The smallest absolute Gasteiger partial charge is 0.241 e. The Labute approximate surface area is 174 Å². The highest BCUT2D eigenvalue weighted by Gasteiger charge is 2.23. The van der Waals surface area contributed by atoms with Crippen LogP contribution in [0.1, 0.15) is 45.4 Å². The Morgan fingerprint density at radius 2 is 1.69 bits per heavy atom. The summed E-state index contributed by atoms with van der Waals surface area (Å²) in [5.41, 5.74) is 1.60. The first-order chi connectivity index (χ1) is 13.9. The number of sulfonamides is 1. The Kier molecular flexibility index (Phi) is 7.77. The van der Waals surface area contributed by atoms with Crippen molar-refractivity contribution in [3.05, 3.63) is 24.3 Å². The van der Waals surface area contributed by atoms with Crippen LogP contribution in [0, 0.1) is 0 Å². The van der Waals surface area contributed by atoms with E-state index in [9.17, 15) is 13.2 Å². The van der Waals surface area contributed by atoms with Gasteiger partial charge in [0.1, 0.15) is 5.75 Å². The van der Waals surface area contributed by atoms with Crippen LogP contribution in [0.25, 0.3) is 0 Å². The minimum Gasteiger partial charge on any atom is -0.372 e. The molecule has 8 heteroatoms. The molecule has 3 rings (SSSR count). The summed E-state index contributed by atoms with van der Waals surface area (Å²) in [6, 6.07) is 7.47. The van der Waals surface area contributed by atoms with Crippen LogP contribution < -0.4 is 14.9 Å². The fraction of sp³-hybridized carbons (Fsp3) is 0.667. The SMILES string of the molecule is CCCN1CCC(NC(=O)CS(=O)(=O)Nc2ccc(N3CCCCC3)cc2)CC1. The van der Waals surface area contributed by atoms with Crippen LogP contribution in [0.4, 0.5) is 11.4 Å². The predicted molar refractivity (Wildman–Crippen MR) is 118 cm³/mol. The maximum atomic E-state index is 12.4. The summed E-state index contributed by atoms with van der Waals surface area (Å²) < 4.78 is 27.3. The molecule has 2 heterocycles. The standard InChI is InChI=1S/C21H34N4O3S/c1-2-12-24-15-10-18(11-16-24)22-21(26)17-29(27,28)23-19-6-8-20(9-7-19)25-13-4-3-5-14-25/h6-9,18,23H,2-5,10-17H2,1H3,(H,22,26). The molecule has 29 heavy (non-hydrogen) atoms. The first kappa shape index (κ1) is 21.9. The van der Waals surface area contributed by atoms with Crippen molar-refractivity contribution in [2.45, 2.75) is 51.5 Å². The second kappa shape index (κ2) is 10.3. The summed E-state index contributed by atoms with van der Waals surface area (Å²) >= 11 is 0.